The van der Waals surface area contributed by atoms with Gasteiger partial charge in [-0.05, 0) is 73.5 Å². The Morgan fingerprint density at radius 2 is 1.56 bits per heavy atom. The van der Waals surface area contributed by atoms with Crippen LogP contribution in [0.15, 0.2) is 0 Å². The lowest BCUT2D eigenvalue weighted by Crippen LogP contribution is -2.37. The summed E-state index contributed by atoms with van der Waals surface area (Å²) in [5.74, 6) is 5.91. The van der Waals surface area contributed by atoms with Crippen LogP contribution in [0, 0.1) is 41.4 Å². The number of hydrogen-bond donors (Lipinski definition) is 2. The molecule has 0 amide bonds. The van der Waals surface area contributed by atoms with E-state index in [9.17, 15) is 5.11 Å². The zero-order valence-corrected chi connectivity index (χ0v) is 9.76. The van der Waals surface area contributed by atoms with E-state index in [-0.39, 0.29) is 6.10 Å². The van der Waals surface area contributed by atoms with Gasteiger partial charge in [0.2, 0.25) is 0 Å². The average Bonchev–Trinajstić information content (AvgIpc) is 2.92. The van der Waals surface area contributed by atoms with Crippen molar-refractivity contribution in [2.45, 2.75) is 38.2 Å². The van der Waals surface area contributed by atoms with Crippen LogP contribution >= 0.6 is 0 Å². The Balaban J connectivity index is 1.60. The molecule has 4 saturated carbocycles. The van der Waals surface area contributed by atoms with Crippen molar-refractivity contribution in [2.24, 2.45) is 41.4 Å². The normalized spacial score (nSPS) is 61.9. The van der Waals surface area contributed by atoms with Gasteiger partial charge < -0.3 is 10.2 Å². The van der Waals surface area contributed by atoms with Crippen molar-refractivity contribution in [1.29, 1.82) is 0 Å². The molecular formula is C14H22O2. The minimum atomic E-state index is 0.0295. The van der Waals surface area contributed by atoms with Crippen LogP contribution in [0.25, 0.3) is 0 Å². The topological polar surface area (TPSA) is 40.5 Å². The Morgan fingerprint density at radius 3 is 2.38 bits per heavy atom. The number of aliphatic hydroxyl groups is 2. The lowest BCUT2D eigenvalue weighted by atomic mass is 9.66. The highest BCUT2D eigenvalue weighted by Gasteiger charge is 2.64. The van der Waals surface area contributed by atoms with Crippen molar-refractivity contribution < 1.29 is 10.2 Å². The van der Waals surface area contributed by atoms with Crippen molar-refractivity contribution in [3.8, 4) is 0 Å². The van der Waals surface area contributed by atoms with Crippen molar-refractivity contribution in [3.63, 3.8) is 0 Å². The molecule has 4 aliphatic rings. The van der Waals surface area contributed by atoms with E-state index in [1.807, 2.05) is 0 Å². The summed E-state index contributed by atoms with van der Waals surface area (Å²) in [7, 11) is 0. The summed E-state index contributed by atoms with van der Waals surface area (Å²) in [6, 6.07) is 0. The predicted octanol–water partition coefficient (Wildman–Crippen LogP) is 1.66. The van der Waals surface area contributed by atoms with Gasteiger partial charge in [-0.2, -0.15) is 0 Å². The predicted molar refractivity (Wildman–Crippen MR) is 60.6 cm³/mol. The second kappa shape index (κ2) is 3.23. The standard InChI is InChI=1S/C14H22O2/c15-2-1-7-3-8-4-10(7)13-9-5-11(14(8)13)12(16)6-9/h7-16H,1-6H2. The molecule has 0 saturated heterocycles. The molecule has 0 radical (unpaired) electrons. The van der Waals surface area contributed by atoms with Gasteiger partial charge in [-0.3, -0.25) is 0 Å². The number of aliphatic hydroxyl groups excluding tert-OH is 2. The largest absolute Gasteiger partial charge is 0.396 e. The fraction of sp³-hybridized carbons (Fsp3) is 1.00. The Hall–Kier alpha value is -0.0800. The van der Waals surface area contributed by atoms with Gasteiger partial charge in [-0.25, -0.2) is 0 Å². The molecular weight excluding hydrogens is 200 g/mol. The quantitative estimate of drug-likeness (QED) is 0.698. The minimum Gasteiger partial charge on any atom is -0.396 e. The third-order valence-electron chi connectivity index (χ3n) is 6.42. The van der Waals surface area contributed by atoms with E-state index in [0.717, 1.165) is 48.3 Å². The van der Waals surface area contributed by atoms with Gasteiger partial charge in [-0.15, -0.1) is 0 Å². The SMILES string of the molecule is OCCC1CC2CC1C1C3CC(O)C(C3)C21. The fourth-order valence-electron chi connectivity index (χ4n) is 6.20. The van der Waals surface area contributed by atoms with E-state index in [0.29, 0.717) is 12.5 Å². The first kappa shape index (κ1) is 9.90. The third-order valence-corrected chi connectivity index (χ3v) is 6.42. The smallest absolute Gasteiger partial charge is 0.0574 e. The molecule has 0 aromatic carbocycles. The maximum Gasteiger partial charge on any atom is 0.0574 e. The van der Waals surface area contributed by atoms with Gasteiger partial charge in [0, 0.05) is 6.61 Å². The van der Waals surface area contributed by atoms with E-state index < -0.39 is 0 Å². The minimum absolute atomic E-state index is 0.0295. The molecule has 0 aliphatic heterocycles. The lowest BCUT2D eigenvalue weighted by Gasteiger charge is -2.40. The molecule has 0 spiro atoms. The van der Waals surface area contributed by atoms with Crippen LogP contribution < -0.4 is 0 Å². The number of fused-ring (bicyclic) bond motifs is 9. The van der Waals surface area contributed by atoms with Crippen molar-refractivity contribution >= 4 is 0 Å². The maximum atomic E-state index is 10.0. The zero-order chi connectivity index (χ0) is 10.9. The molecule has 8 atom stereocenters. The molecule has 4 rings (SSSR count). The summed E-state index contributed by atoms with van der Waals surface area (Å²) in [4.78, 5) is 0. The zero-order valence-electron chi connectivity index (χ0n) is 9.76. The van der Waals surface area contributed by atoms with E-state index >= 15 is 0 Å². The third kappa shape index (κ3) is 1.06. The molecule has 2 heteroatoms. The second-order valence-electron chi connectivity index (χ2n) is 6.79. The van der Waals surface area contributed by atoms with Gasteiger partial charge in [-0.1, -0.05) is 0 Å². The fourth-order valence-corrected chi connectivity index (χ4v) is 6.20. The molecule has 4 aliphatic carbocycles. The van der Waals surface area contributed by atoms with Crippen LogP contribution in [0.5, 0.6) is 0 Å². The first-order valence-electron chi connectivity index (χ1n) is 7.08. The van der Waals surface area contributed by atoms with Gasteiger partial charge in [0.1, 0.15) is 0 Å². The van der Waals surface area contributed by atoms with Crippen LogP contribution in [-0.2, 0) is 0 Å². The van der Waals surface area contributed by atoms with Crippen molar-refractivity contribution in [1.82, 2.24) is 0 Å². The molecule has 90 valence electrons. The first-order valence-corrected chi connectivity index (χ1v) is 7.08. The van der Waals surface area contributed by atoms with Crippen LogP contribution in [0.4, 0.5) is 0 Å². The molecule has 8 unspecified atom stereocenters. The van der Waals surface area contributed by atoms with Crippen molar-refractivity contribution in [2.75, 3.05) is 6.61 Å². The van der Waals surface area contributed by atoms with E-state index in [2.05, 4.69) is 0 Å². The molecule has 0 heterocycles. The first-order chi connectivity index (χ1) is 7.79. The van der Waals surface area contributed by atoms with Gasteiger partial charge in [0.15, 0.2) is 0 Å². The van der Waals surface area contributed by atoms with E-state index in [1.54, 1.807) is 0 Å². The number of hydrogen-bond acceptors (Lipinski definition) is 2. The Bertz CT molecular complexity index is 301. The second-order valence-corrected chi connectivity index (χ2v) is 6.79. The summed E-state index contributed by atoms with van der Waals surface area (Å²) >= 11 is 0. The average molecular weight is 222 g/mol. The summed E-state index contributed by atoms with van der Waals surface area (Å²) in [5.41, 5.74) is 0. The van der Waals surface area contributed by atoms with Gasteiger partial charge in [0.25, 0.3) is 0 Å². The van der Waals surface area contributed by atoms with E-state index in [1.165, 1.54) is 19.3 Å². The van der Waals surface area contributed by atoms with Crippen LogP contribution in [0.3, 0.4) is 0 Å². The molecule has 16 heavy (non-hydrogen) atoms. The maximum absolute atomic E-state index is 10.0. The Kier molecular flexibility index (Phi) is 2.00. The monoisotopic (exact) mass is 222 g/mol. The summed E-state index contributed by atoms with van der Waals surface area (Å²) in [5, 5.41) is 19.2. The van der Waals surface area contributed by atoms with Crippen molar-refractivity contribution in [3.05, 3.63) is 0 Å². The Labute approximate surface area is 97.0 Å². The summed E-state index contributed by atoms with van der Waals surface area (Å²) in [6.45, 7) is 0.377. The Morgan fingerprint density at radius 1 is 0.875 bits per heavy atom. The number of rotatable bonds is 2. The molecule has 2 nitrogen and oxygen atoms in total. The van der Waals surface area contributed by atoms with Crippen LogP contribution in [0.1, 0.15) is 32.1 Å². The molecule has 0 aromatic heterocycles. The molecule has 4 bridgehead atoms. The van der Waals surface area contributed by atoms with E-state index in [4.69, 9.17) is 5.11 Å². The van der Waals surface area contributed by atoms with Crippen LogP contribution in [-0.4, -0.2) is 22.9 Å². The summed E-state index contributed by atoms with van der Waals surface area (Å²) in [6.07, 6.45) is 6.23. The highest BCUT2D eigenvalue weighted by atomic mass is 16.3. The van der Waals surface area contributed by atoms with Gasteiger partial charge >= 0.3 is 0 Å². The summed E-state index contributed by atoms with van der Waals surface area (Å²) < 4.78 is 0. The highest BCUT2D eigenvalue weighted by molar-refractivity contribution is 5.12. The van der Waals surface area contributed by atoms with Gasteiger partial charge in [0.05, 0.1) is 6.10 Å². The highest BCUT2D eigenvalue weighted by Crippen LogP contribution is 2.69. The molecule has 0 aromatic rings. The lowest BCUT2D eigenvalue weighted by molar-refractivity contribution is 0.0122. The molecule has 2 N–H and O–H groups in total. The van der Waals surface area contributed by atoms with Crippen LogP contribution in [0.2, 0.25) is 0 Å². The molecule has 4 fully saturated rings.